The summed E-state index contributed by atoms with van der Waals surface area (Å²) in [5.41, 5.74) is 8.40. The molecule has 0 unspecified atom stereocenters. The van der Waals surface area contributed by atoms with Gasteiger partial charge in [0.1, 0.15) is 23.4 Å². The lowest BCUT2D eigenvalue weighted by molar-refractivity contribution is -0.128. The third kappa shape index (κ3) is 5.78. The van der Waals surface area contributed by atoms with Crippen molar-refractivity contribution in [2.75, 3.05) is 13.2 Å². The third-order valence-electron chi connectivity index (χ3n) is 4.82. The first-order valence-electron chi connectivity index (χ1n) is 10.3. The van der Waals surface area contributed by atoms with Crippen molar-refractivity contribution in [3.05, 3.63) is 58.7 Å². The number of hydrazine groups is 1. The molecule has 0 aliphatic carbocycles. The van der Waals surface area contributed by atoms with Crippen molar-refractivity contribution in [3.8, 4) is 17.2 Å². The highest BCUT2D eigenvalue weighted by Gasteiger charge is 2.21. The third-order valence-corrected chi connectivity index (χ3v) is 4.82. The van der Waals surface area contributed by atoms with Crippen LogP contribution in [0.5, 0.6) is 17.2 Å². The zero-order valence-electron chi connectivity index (χ0n) is 18.3. The van der Waals surface area contributed by atoms with Crippen molar-refractivity contribution in [1.29, 1.82) is 0 Å². The molecule has 164 valence electrons. The molecule has 2 aromatic carbocycles. The number of amides is 2. The van der Waals surface area contributed by atoms with E-state index in [0.717, 1.165) is 34.4 Å². The zero-order valence-corrected chi connectivity index (χ0v) is 18.3. The maximum atomic E-state index is 12.1. The van der Waals surface area contributed by atoms with E-state index in [4.69, 9.17) is 14.2 Å². The molecule has 7 heteroatoms. The number of carbonyl (C=O) groups is 2. The highest BCUT2D eigenvalue weighted by atomic mass is 16.5. The molecule has 0 radical (unpaired) electrons. The molecule has 0 fully saturated rings. The van der Waals surface area contributed by atoms with Crippen LogP contribution in [-0.4, -0.2) is 31.1 Å². The van der Waals surface area contributed by atoms with Crippen molar-refractivity contribution in [1.82, 2.24) is 10.9 Å². The minimum absolute atomic E-state index is 0.118. The van der Waals surface area contributed by atoms with E-state index >= 15 is 0 Å². The van der Waals surface area contributed by atoms with Gasteiger partial charge in [0.15, 0.2) is 6.61 Å². The van der Waals surface area contributed by atoms with Crippen LogP contribution in [0.2, 0.25) is 0 Å². The summed E-state index contributed by atoms with van der Waals surface area (Å²) in [5.74, 6) is 1.22. The standard InChI is InChI=1S/C24H28N2O5/c1-5-29-20-13-19-11-17(4)31-21(19)12-18(20)9-10-22(27)25-26-23(28)14-30-24-15(2)7-6-8-16(24)3/h6-10,12-13,17H,5,11,14H2,1-4H3,(H,25,27)(H,26,28)/b10-9+/t17-/m0/s1. The predicted molar refractivity (Wildman–Crippen MR) is 118 cm³/mol. The van der Waals surface area contributed by atoms with Crippen LogP contribution in [0.1, 0.15) is 36.1 Å². The molecule has 2 N–H and O–H groups in total. The predicted octanol–water partition coefficient (Wildman–Crippen LogP) is 3.27. The van der Waals surface area contributed by atoms with E-state index in [2.05, 4.69) is 10.9 Å². The van der Waals surface area contributed by atoms with E-state index in [1.165, 1.54) is 6.08 Å². The van der Waals surface area contributed by atoms with Gasteiger partial charge in [0.2, 0.25) is 0 Å². The molecule has 31 heavy (non-hydrogen) atoms. The molecule has 1 heterocycles. The van der Waals surface area contributed by atoms with Crippen molar-refractivity contribution >= 4 is 17.9 Å². The molecule has 2 amide bonds. The number of carbonyl (C=O) groups excluding carboxylic acids is 2. The number of nitrogens with one attached hydrogen (secondary N) is 2. The minimum atomic E-state index is -0.474. The van der Waals surface area contributed by atoms with Gasteiger partial charge in [0.05, 0.1) is 6.61 Å². The summed E-state index contributed by atoms with van der Waals surface area (Å²) in [5, 5.41) is 0. The van der Waals surface area contributed by atoms with E-state index in [1.807, 2.05) is 58.0 Å². The Bertz CT molecular complexity index is 979. The van der Waals surface area contributed by atoms with Gasteiger partial charge in [-0.25, -0.2) is 0 Å². The number of aryl methyl sites for hydroxylation is 2. The average Bonchev–Trinajstić information content (AvgIpc) is 3.09. The second-order valence-electron chi connectivity index (χ2n) is 7.44. The summed E-state index contributed by atoms with van der Waals surface area (Å²) in [6, 6.07) is 9.56. The fourth-order valence-corrected chi connectivity index (χ4v) is 3.40. The molecular formula is C24H28N2O5. The van der Waals surface area contributed by atoms with Crippen LogP contribution in [0.3, 0.4) is 0 Å². The first kappa shape index (κ1) is 22.2. The molecule has 3 rings (SSSR count). The van der Waals surface area contributed by atoms with E-state index in [9.17, 15) is 9.59 Å². The van der Waals surface area contributed by atoms with Crippen molar-refractivity contribution in [2.45, 2.75) is 40.2 Å². The fourth-order valence-electron chi connectivity index (χ4n) is 3.40. The number of para-hydroxylation sites is 1. The zero-order chi connectivity index (χ0) is 22.4. The lowest BCUT2D eigenvalue weighted by Crippen LogP contribution is -2.43. The first-order chi connectivity index (χ1) is 14.9. The summed E-state index contributed by atoms with van der Waals surface area (Å²) in [6.45, 7) is 8.05. The lowest BCUT2D eigenvalue weighted by Gasteiger charge is -2.12. The molecule has 1 aliphatic heterocycles. The molecule has 0 bridgehead atoms. The number of benzene rings is 2. The number of ether oxygens (including phenoxy) is 3. The number of hydrogen-bond acceptors (Lipinski definition) is 5. The fraction of sp³-hybridized carbons (Fsp3) is 0.333. The molecule has 1 aliphatic rings. The summed E-state index contributed by atoms with van der Waals surface area (Å²) in [7, 11) is 0. The number of hydrogen-bond donors (Lipinski definition) is 2. The van der Waals surface area contributed by atoms with Crippen molar-refractivity contribution < 1.29 is 23.8 Å². The Morgan fingerprint density at radius 2 is 1.90 bits per heavy atom. The van der Waals surface area contributed by atoms with Gasteiger partial charge < -0.3 is 14.2 Å². The Labute approximate surface area is 182 Å². The van der Waals surface area contributed by atoms with Crippen LogP contribution in [0.15, 0.2) is 36.4 Å². The Morgan fingerprint density at radius 3 is 2.61 bits per heavy atom. The molecule has 1 atom stereocenters. The van der Waals surface area contributed by atoms with Crippen LogP contribution in [0.25, 0.3) is 6.08 Å². The second-order valence-corrected chi connectivity index (χ2v) is 7.44. The maximum Gasteiger partial charge on any atom is 0.276 e. The Morgan fingerprint density at radius 1 is 1.16 bits per heavy atom. The quantitative estimate of drug-likeness (QED) is 0.526. The van der Waals surface area contributed by atoms with E-state index in [1.54, 1.807) is 6.08 Å². The maximum absolute atomic E-state index is 12.1. The van der Waals surface area contributed by atoms with Crippen LogP contribution in [-0.2, 0) is 16.0 Å². The van der Waals surface area contributed by atoms with Gasteiger partial charge in [0.25, 0.3) is 11.8 Å². The van der Waals surface area contributed by atoms with E-state index < -0.39 is 11.8 Å². The molecular weight excluding hydrogens is 396 g/mol. The molecule has 2 aromatic rings. The Balaban J connectivity index is 1.55. The van der Waals surface area contributed by atoms with Gasteiger partial charge in [-0.15, -0.1) is 0 Å². The van der Waals surface area contributed by atoms with Crippen LogP contribution >= 0.6 is 0 Å². The van der Waals surface area contributed by atoms with Gasteiger partial charge in [0, 0.05) is 23.6 Å². The minimum Gasteiger partial charge on any atom is -0.493 e. The highest BCUT2D eigenvalue weighted by molar-refractivity contribution is 5.93. The molecule has 0 spiro atoms. The Hall–Kier alpha value is -3.48. The molecule has 0 aromatic heterocycles. The van der Waals surface area contributed by atoms with Crippen molar-refractivity contribution in [3.63, 3.8) is 0 Å². The first-order valence-corrected chi connectivity index (χ1v) is 10.3. The van der Waals surface area contributed by atoms with Gasteiger partial charge in [-0.05, 0) is 57.0 Å². The molecule has 0 saturated carbocycles. The van der Waals surface area contributed by atoms with E-state index in [-0.39, 0.29) is 12.7 Å². The summed E-state index contributed by atoms with van der Waals surface area (Å²) < 4.78 is 17.1. The number of rotatable bonds is 7. The van der Waals surface area contributed by atoms with E-state index in [0.29, 0.717) is 18.1 Å². The van der Waals surface area contributed by atoms with Gasteiger partial charge >= 0.3 is 0 Å². The lowest BCUT2D eigenvalue weighted by atomic mass is 10.1. The van der Waals surface area contributed by atoms with Crippen molar-refractivity contribution in [2.24, 2.45) is 0 Å². The SMILES string of the molecule is CCOc1cc2c(cc1/C=C/C(=O)NNC(=O)COc1c(C)cccc1C)O[C@@H](C)C2. The number of fused-ring (bicyclic) bond motifs is 1. The normalized spacial score (nSPS) is 14.6. The average molecular weight is 424 g/mol. The molecule has 7 nitrogen and oxygen atoms in total. The Kier molecular flexibility index (Phi) is 7.18. The van der Waals surface area contributed by atoms with Gasteiger partial charge in [-0.2, -0.15) is 0 Å². The van der Waals surface area contributed by atoms with Gasteiger partial charge in [-0.1, -0.05) is 18.2 Å². The summed E-state index contributed by atoms with van der Waals surface area (Å²) in [4.78, 5) is 24.1. The highest BCUT2D eigenvalue weighted by Crippen LogP contribution is 2.35. The summed E-state index contributed by atoms with van der Waals surface area (Å²) in [6.07, 6.45) is 3.91. The van der Waals surface area contributed by atoms with Gasteiger partial charge in [-0.3, -0.25) is 20.4 Å². The van der Waals surface area contributed by atoms with Crippen LogP contribution < -0.4 is 25.1 Å². The monoisotopic (exact) mass is 424 g/mol. The van der Waals surface area contributed by atoms with Crippen LogP contribution in [0.4, 0.5) is 0 Å². The molecule has 0 saturated heterocycles. The second kappa shape index (κ2) is 10.0. The largest absolute Gasteiger partial charge is 0.493 e. The topological polar surface area (TPSA) is 85.9 Å². The summed E-state index contributed by atoms with van der Waals surface area (Å²) >= 11 is 0. The smallest absolute Gasteiger partial charge is 0.276 e. The van der Waals surface area contributed by atoms with Crippen LogP contribution in [0, 0.1) is 13.8 Å².